The smallest absolute Gasteiger partial charge is 0.328 e. The summed E-state index contributed by atoms with van der Waals surface area (Å²) in [5, 5.41) is 0. The van der Waals surface area contributed by atoms with Crippen LogP contribution in [0.1, 0.15) is 49.7 Å². The summed E-state index contributed by atoms with van der Waals surface area (Å²) in [7, 11) is 0. The average Bonchev–Trinajstić information content (AvgIpc) is 2.26. The highest BCUT2D eigenvalue weighted by atomic mass is 16.6. The number of nitrogens with two attached hydrogens (primary N) is 1. The molecule has 0 aromatic heterocycles. The monoisotopic (exact) mass is 249 g/mol. The van der Waals surface area contributed by atoms with E-state index in [9.17, 15) is 9.59 Å². The highest BCUT2D eigenvalue weighted by molar-refractivity contribution is 5.94. The van der Waals surface area contributed by atoms with E-state index in [0.717, 1.165) is 0 Å². The Bertz CT molecular complexity index is 443. The normalized spacial score (nSPS) is 12.9. The Labute approximate surface area is 107 Å². The predicted molar refractivity (Wildman–Crippen MR) is 69.2 cm³/mol. The van der Waals surface area contributed by atoms with Gasteiger partial charge < -0.3 is 10.5 Å². The number of ether oxygens (including phenoxy) is 1. The van der Waals surface area contributed by atoms with Crippen LogP contribution >= 0.6 is 0 Å². The molecule has 0 amide bonds. The number of esters is 1. The van der Waals surface area contributed by atoms with E-state index in [0.29, 0.717) is 11.1 Å². The van der Waals surface area contributed by atoms with Crippen molar-refractivity contribution in [3.8, 4) is 0 Å². The second-order valence-electron chi connectivity index (χ2n) is 5.19. The number of ketones is 1. The fourth-order valence-electron chi connectivity index (χ4n) is 1.43. The molecule has 4 nitrogen and oxygen atoms in total. The van der Waals surface area contributed by atoms with Crippen LogP contribution < -0.4 is 5.73 Å². The van der Waals surface area contributed by atoms with E-state index >= 15 is 0 Å². The first-order valence-corrected chi connectivity index (χ1v) is 5.80. The molecule has 0 bridgehead atoms. The van der Waals surface area contributed by atoms with Crippen molar-refractivity contribution in [1.82, 2.24) is 0 Å². The zero-order chi connectivity index (χ0) is 13.9. The standard InChI is InChI=1S/C14H19NO3/c1-9(16)10-5-7-11(8-6-10)12(15)13(17)18-14(2,3)4/h5-8,12H,15H2,1-4H3. The van der Waals surface area contributed by atoms with Gasteiger partial charge in [0.1, 0.15) is 11.6 Å². The van der Waals surface area contributed by atoms with Gasteiger partial charge in [-0.2, -0.15) is 0 Å². The quantitative estimate of drug-likeness (QED) is 0.658. The number of rotatable bonds is 3. The number of Topliss-reactive ketones (excluding diaryl/α,β-unsaturated/α-hetero) is 1. The molecule has 0 aliphatic rings. The molecule has 2 N–H and O–H groups in total. The second kappa shape index (κ2) is 5.31. The Morgan fingerprint density at radius 3 is 2.06 bits per heavy atom. The van der Waals surface area contributed by atoms with Crippen molar-refractivity contribution in [2.24, 2.45) is 5.73 Å². The van der Waals surface area contributed by atoms with Crippen LogP contribution in [0.5, 0.6) is 0 Å². The maximum absolute atomic E-state index is 11.8. The van der Waals surface area contributed by atoms with Crippen molar-refractivity contribution in [1.29, 1.82) is 0 Å². The van der Waals surface area contributed by atoms with Crippen LogP contribution in [0.3, 0.4) is 0 Å². The summed E-state index contributed by atoms with van der Waals surface area (Å²) in [6, 6.07) is 5.82. The Kier molecular flexibility index (Phi) is 4.24. The van der Waals surface area contributed by atoms with Crippen molar-refractivity contribution in [3.63, 3.8) is 0 Å². The van der Waals surface area contributed by atoms with Gasteiger partial charge in [0.2, 0.25) is 0 Å². The van der Waals surface area contributed by atoms with Gasteiger partial charge in [-0.1, -0.05) is 24.3 Å². The summed E-state index contributed by atoms with van der Waals surface area (Å²) >= 11 is 0. The van der Waals surface area contributed by atoms with Gasteiger partial charge in [-0.05, 0) is 33.3 Å². The average molecular weight is 249 g/mol. The molecular formula is C14H19NO3. The van der Waals surface area contributed by atoms with Crippen LogP contribution in [0.15, 0.2) is 24.3 Å². The molecule has 0 radical (unpaired) electrons. The van der Waals surface area contributed by atoms with Crippen molar-refractivity contribution in [2.45, 2.75) is 39.3 Å². The van der Waals surface area contributed by atoms with Gasteiger partial charge in [-0.15, -0.1) is 0 Å². The molecule has 1 aromatic rings. The number of carbonyl (C=O) groups is 2. The molecule has 4 heteroatoms. The maximum atomic E-state index is 11.8. The molecule has 1 rings (SSSR count). The van der Waals surface area contributed by atoms with Crippen LogP contribution in [0.4, 0.5) is 0 Å². The van der Waals surface area contributed by atoms with Crippen molar-refractivity contribution in [2.75, 3.05) is 0 Å². The van der Waals surface area contributed by atoms with Crippen LogP contribution in [0.25, 0.3) is 0 Å². The predicted octanol–water partition coefficient (Wildman–Crippen LogP) is 2.23. The van der Waals surface area contributed by atoms with Crippen LogP contribution in [0.2, 0.25) is 0 Å². The third kappa shape index (κ3) is 3.96. The molecule has 0 aliphatic heterocycles. The first-order valence-electron chi connectivity index (χ1n) is 5.80. The number of carbonyl (C=O) groups excluding carboxylic acids is 2. The summed E-state index contributed by atoms with van der Waals surface area (Å²) in [6.45, 7) is 6.85. The summed E-state index contributed by atoms with van der Waals surface area (Å²) in [6.07, 6.45) is 0. The first-order chi connectivity index (χ1) is 8.20. The molecular weight excluding hydrogens is 230 g/mol. The van der Waals surface area contributed by atoms with E-state index in [4.69, 9.17) is 10.5 Å². The van der Waals surface area contributed by atoms with E-state index in [-0.39, 0.29) is 5.78 Å². The first kappa shape index (κ1) is 14.4. The molecule has 1 unspecified atom stereocenters. The SMILES string of the molecule is CC(=O)c1ccc(C(N)C(=O)OC(C)(C)C)cc1. The van der Waals surface area contributed by atoms with E-state index in [1.807, 2.05) is 0 Å². The molecule has 1 aromatic carbocycles. The molecule has 0 heterocycles. The van der Waals surface area contributed by atoms with Crippen LogP contribution in [-0.4, -0.2) is 17.4 Å². The highest BCUT2D eigenvalue weighted by Crippen LogP contribution is 2.17. The highest BCUT2D eigenvalue weighted by Gasteiger charge is 2.23. The summed E-state index contributed by atoms with van der Waals surface area (Å²) in [5.41, 5.74) is 6.48. The molecule has 0 spiro atoms. The number of hydrogen-bond acceptors (Lipinski definition) is 4. The topological polar surface area (TPSA) is 69.4 Å². The van der Waals surface area contributed by atoms with Crippen LogP contribution in [0, 0.1) is 0 Å². The lowest BCUT2D eigenvalue weighted by molar-refractivity contribution is -0.156. The summed E-state index contributed by atoms with van der Waals surface area (Å²) in [5.74, 6) is -0.495. The van der Waals surface area contributed by atoms with Gasteiger partial charge in [0, 0.05) is 5.56 Å². The summed E-state index contributed by atoms with van der Waals surface area (Å²) < 4.78 is 5.20. The zero-order valence-corrected chi connectivity index (χ0v) is 11.2. The van der Waals surface area contributed by atoms with Gasteiger partial charge in [0.15, 0.2) is 5.78 Å². The van der Waals surface area contributed by atoms with Crippen molar-refractivity contribution in [3.05, 3.63) is 35.4 Å². The molecule has 1 atom stereocenters. The van der Waals surface area contributed by atoms with Crippen LogP contribution in [-0.2, 0) is 9.53 Å². The minimum atomic E-state index is -0.828. The minimum absolute atomic E-state index is 0.0209. The van der Waals surface area contributed by atoms with Gasteiger partial charge in [0.05, 0.1) is 0 Å². The third-order valence-corrected chi connectivity index (χ3v) is 2.34. The lowest BCUT2D eigenvalue weighted by Crippen LogP contribution is -2.31. The molecule has 0 fully saturated rings. The zero-order valence-electron chi connectivity index (χ0n) is 11.2. The van der Waals surface area contributed by atoms with Crippen molar-refractivity contribution >= 4 is 11.8 Å². The summed E-state index contributed by atoms with van der Waals surface area (Å²) in [4.78, 5) is 22.9. The third-order valence-electron chi connectivity index (χ3n) is 2.34. The van der Waals surface area contributed by atoms with E-state index in [2.05, 4.69) is 0 Å². The van der Waals surface area contributed by atoms with Gasteiger partial charge in [0.25, 0.3) is 0 Å². The molecule has 0 aliphatic carbocycles. The lowest BCUT2D eigenvalue weighted by atomic mass is 10.0. The maximum Gasteiger partial charge on any atom is 0.328 e. The molecule has 98 valence electrons. The molecule has 0 saturated carbocycles. The van der Waals surface area contributed by atoms with E-state index in [1.54, 1.807) is 45.0 Å². The fourth-order valence-corrected chi connectivity index (χ4v) is 1.43. The Morgan fingerprint density at radius 1 is 1.17 bits per heavy atom. The van der Waals surface area contributed by atoms with Gasteiger partial charge >= 0.3 is 5.97 Å². The minimum Gasteiger partial charge on any atom is -0.459 e. The Morgan fingerprint density at radius 2 is 1.67 bits per heavy atom. The lowest BCUT2D eigenvalue weighted by Gasteiger charge is -2.22. The Hall–Kier alpha value is -1.68. The molecule has 18 heavy (non-hydrogen) atoms. The van der Waals surface area contributed by atoms with Gasteiger partial charge in [-0.25, -0.2) is 4.79 Å². The Balaban J connectivity index is 2.81. The second-order valence-corrected chi connectivity index (χ2v) is 5.19. The fraction of sp³-hybridized carbons (Fsp3) is 0.429. The number of benzene rings is 1. The van der Waals surface area contributed by atoms with E-state index < -0.39 is 17.6 Å². The molecule has 0 saturated heterocycles. The van der Waals surface area contributed by atoms with Crippen molar-refractivity contribution < 1.29 is 14.3 Å². The largest absolute Gasteiger partial charge is 0.459 e. The van der Waals surface area contributed by atoms with E-state index in [1.165, 1.54) is 6.92 Å². The van der Waals surface area contributed by atoms with Gasteiger partial charge in [-0.3, -0.25) is 4.79 Å². The number of hydrogen-bond donors (Lipinski definition) is 1.